The van der Waals surface area contributed by atoms with Crippen LogP contribution in [0.25, 0.3) is 0 Å². The largest absolute Gasteiger partial charge is 0.490 e. The van der Waals surface area contributed by atoms with Crippen LogP contribution in [0.15, 0.2) is 18.2 Å². The van der Waals surface area contributed by atoms with Crippen LogP contribution in [-0.2, 0) is 6.54 Å². The average Bonchev–Trinajstić information content (AvgIpc) is 2.37. The molecule has 1 fully saturated rings. The molecule has 0 saturated heterocycles. The van der Waals surface area contributed by atoms with E-state index in [1.807, 2.05) is 0 Å². The highest BCUT2D eigenvalue weighted by Crippen LogP contribution is 2.32. The molecule has 0 spiro atoms. The zero-order valence-electron chi connectivity index (χ0n) is 14.3. The predicted octanol–water partition coefficient (Wildman–Crippen LogP) is 4.70. The van der Waals surface area contributed by atoms with Crippen LogP contribution in [-0.4, -0.2) is 12.1 Å². The second-order valence-electron chi connectivity index (χ2n) is 7.30. The maximum atomic E-state index is 6.37. The van der Waals surface area contributed by atoms with Crippen LogP contribution in [0.5, 0.6) is 5.75 Å². The number of hydrogen-bond donors (Lipinski definition) is 1. The molecule has 21 heavy (non-hydrogen) atoms. The van der Waals surface area contributed by atoms with Crippen LogP contribution in [0.2, 0.25) is 0 Å². The molecule has 1 aliphatic rings. The van der Waals surface area contributed by atoms with Gasteiger partial charge in [-0.3, -0.25) is 0 Å². The molecule has 0 aliphatic heterocycles. The Balaban J connectivity index is 2.07. The van der Waals surface area contributed by atoms with Gasteiger partial charge in [-0.2, -0.15) is 0 Å². The van der Waals surface area contributed by atoms with Gasteiger partial charge in [-0.05, 0) is 44.1 Å². The molecule has 0 bridgehead atoms. The fraction of sp³-hybridized carbons (Fsp3) is 0.684. The minimum Gasteiger partial charge on any atom is -0.490 e. The van der Waals surface area contributed by atoms with Crippen molar-refractivity contribution in [2.24, 2.45) is 11.8 Å². The monoisotopic (exact) mass is 289 g/mol. The summed E-state index contributed by atoms with van der Waals surface area (Å²) in [4.78, 5) is 0. The predicted molar refractivity (Wildman–Crippen MR) is 89.7 cm³/mol. The number of aryl methyl sites for hydroxylation is 1. The van der Waals surface area contributed by atoms with E-state index in [1.165, 1.54) is 30.4 Å². The van der Waals surface area contributed by atoms with Crippen LogP contribution in [0.1, 0.15) is 58.1 Å². The molecule has 0 radical (unpaired) electrons. The fourth-order valence-corrected chi connectivity index (χ4v) is 3.42. The summed E-state index contributed by atoms with van der Waals surface area (Å²) in [5, 5.41) is 3.50. The molecule has 2 nitrogen and oxygen atoms in total. The van der Waals surface area contributed by atoms with E-state index >= 15 is 0 Å². The zero-order valence-corrected chi connectivity index (χ0v) is 14.3. The molecular formula is C19H31NO. The standard InChI is InChI=1S/C19H31NO/c1-13(2)20-12-17-9-14(3)6-7-19(17)21-18-10-15(4)8-16(5)11-18/h6-7,9,13,15-16,18,20H,8,10-12H2,1-5H3. The Morgan fingerprint density at radius 3 is 2.43 bits per heavy atom. The van der Waals surface area contributed by atoms with Crippen molar-refractivity contribution in [3.05, 3.63) is 29.3 Å². The molecule has 2 rings (SSSR count). The SMILES string of the molecule is Cc1ccc(OC2CC(C)CC(C)C2)c(CNC(C)C)c1. The third-order valence-corrected chi connectivity index (χ3v) is 4.35. The molecule has 0 aromatic heterocycles. The molecule has 1 aromatic carbocycles. The Bertz CT molecular complexity index is 445. The van der Waals surface area contributed by atoms with Gasteiger partial charge in [0.05, 0.1) is 6.10 Å². The van der Waals surface area contributed by atoms with E-state index in [0.717, 1.165) is 24.1 Å². The highest BCUT2D eigenvalue weighted by atomic mass is 16.5. The number of nitrogens with one attached hydrogen (secondary N) is 1. The summed E-state index contributed by atoms with van der Waals surface area (Å²) < 4.78 is 6.37. The van der Waals surface area contributed by atoms with Crippen LogP contribution in [0.3, 0.4) is 0 Å². The molecule has 0 heterocycles. The summed E-state index contributed by atoms with van der Waals surface area (Å²) in [5.41, 5.74) is 2.59. The maximum absolute atomic E-state index is 6.37. The van der Waals surface area contributed by atoms with E-state index in [1.54, 1.807) is 0 Å². The topological polar surface area (TPSA) is 21.3 Å². The molecule has 1 saturated carbocycles. The van der Waals surface area contributed by atoms with Gasteiger partial charge in [0.25, 0.3) is 0 Å². The number of benzene rings is 1. The third kappa shape index (κ3) is 5.03. The van der Waals surface area contributed by atoms with E-state index in [4.69, 9.17) is 4.74 Å². The first-order chi connectivity index (χ1) is 9.94. The first kappa shape index (κ1) is 16.4. The quantitative estimate of drug-likeness (QED) is 0.848. The number of ether oxygens (including phenoxy) is 1. The van der Waals surface area contributed by atoms with Gasteiger partial charge in [-0.25, -0.2) is 0 Å². The molecular weight excluding hydrogens is 258 g/mol. The van der Waals surface area contributed by atoms with Crippen molar-refractivity contribution in [2.75, 3.05) is 0 Å². The summed E-state index contributed by atoms with van der Waals surface area (Å²) in [5.74, 6) is 2.63. The van der Waals surface area contributed by atoms with Crippen molar-refractivity contribution in [3.8, 4) is 5.75 Å². The van der Waals surface area contributed by atoms with Crippen LogP contribution >= 0.6 is 0 Å². The van der Waals surface area contributed by atoms with E-state index in [2.05, 4.69) is 58.1 Å². The molecule has 0 amide bonds. The summed E-state index contributed by atoms with van der Waals surface area (Å²) in [7, 11) is 0. The molecule has 118 valence electrons. The van der Waals surface area contributed by atoms with E-state index in [0.29, 0.717) is 12.1 Å². The van der Waals surface area contributed by atoms with Crippen molar-refractivity contribution in [1.29, 1.82) is 0 Å². The molecule has 1 N–H and O–H groups in total. The summed E-state index contributed by atoms with van der Waals surface area (Å²) in [6, 6.07) is 7.05. The Hall–Kier alpha value is -1.02. The first-order valence-electron chi connectivity index (χ1n) is 8.43. The molecule has 1 aliphatic carbocycles. The lowest BCUT2D eigenvalue weighted by Crippen LogP contribution is -2.29. The number of hydrogen-bond acceptors (Lipinski definition) is 2. The second-order valence-corrected chi connectivity index (χ2v) is 7.30. The van der Waals surface area contributed by atoms with Crippen LogP contribution in [0.4, 0.5) is 0 Å². The smallest absolute Gasteiger partial charge is 0.124 e. The molecule has 2 heteroatoms. The van der Waals surface area contributed by atoms with Crippen LogP contribution in [0, 0.1) is 18.8 Å². The summed E-state index contributed by atoms with van der Waals surface area (Å²) in [6.07, 6.45) is 4.10. The normalized spacial score (nSPS) is 26.1. The lowest BCUT2D eigenvalue weighted by atomic mass is 9.82. The second kappa shape index (κ2) is 7.31. The van der Waals surface area contributed by atoms with Gasteiger partial charge in [-0.15, -0.1) is 0 Å². The van der Waals surface area contributed by atoms with Crippen molar-refractivity contribution < 1.29 is 4.74 Å². The number of rotatable bonds is 5. The van der Waals surface area contributed by atoms with Gasteiger partial charge in [0.15, 0.2) is 0 Å². The fourth-order valence-electron chi connectivity index (χ4n) is 3.42. The minimum absolute atomic E-state index is 0.379. The van der Waals surface area contributed by atoms with Gasteiger partial charge < -0.3 is 10.1 Å². The molecule has 2 atom stereocenters. The van der Waals surface area contributed by atoms with Crippen molar-refractivity contribution in [3.63, 3.8) is 0 Å². The highest BCUT2D eigenvalue weighted by molar-refractivity contribution is 5.37. The molecule has 1 aromatic rings. The van der Waals surface area contributed by atoms with Gasteiger partial charge in [0.2, 0.25) is 0 Å². The lowest BCUT2D eigenvalue weighted by molar-refractivity contribution is 0.0999. The highest BCUT2D eigenvalue weighted by Gasteiger charge is 2.25. The van der Waals surface area contributed by atoms with E-state index < -0.39 is 0 Å². The van der Waals surface area contributed by atoms with Gasteiger partial charge in [-0.1, -0.05) is 45.4 Å². The van der Waals surface area contributed by atoms with E-state index in [-0.39, 0.29) is 0 Å². The van der Waals surface area contributed by atoms with Gasteiger partial charge in [0, 0.05) is 18.2 Å². The Morgan fingerprint density at radius 1 is 1.14 bits per heavy atom. The first-order valence-corrected chi connectivity index (χ1v) is 8.43. The Kier molecular flexibility index (Phi) is 5.69. The average molecular weight is 289 g/mol. The van der Waals surface area contributed by atoms with E-state index in [9.17, 15) is 0 Å². The van der Waals surface area contributed by atoms with Crippen molar-refractivity contribution in [2.45, 2.75) is 72.6 Å². The Morgan fingerprint density at radius 2 is 1.81 bits per heavy atom. The Labute approximate surface area is 130 Å². The summed E-state index contributed by atoms with van der Waals surface area (Å²) >= 11 is 0. The van der Waals surface area contributed by atoms with Gasteiger partial charge in [0.1, 0.15) is 5.75 Å². The van der Waals surface area contributed by atoms with Crippen molar-refractivity contribution >= 4 is 0 Å². The third-order valence-electron chi connectivity index (χ3n) is 4.35. The zero-order chi connectivity index (χ0) is 15.4. The summed E-state index contributed by atoms with van der Waals surface area (Å²) in [6.45, 7) is 12.1. The maximum Gasteiger partial charge on any atom is 0.124 e. The van der Waals surface area contributed by atoms with Gasteiger partial charge >= 0.3 is 0 Å². The van der Waals surface area contributed by atoms with Crippen molar-refractivity contribution in [1.82, 2.24) is 5.32 Å². The molecule has 2 unspecified atom stereocenters. The minimum atomic E-state index is 0.379. The van der Waals surface area contributed by atoms with Crippen LogP contribution < -0.4 is 10.1 Å². The lowest BCUT2D eigenvalue weighted by Gasteiger charge is -2.32.